The smallest absolute Gasteiger partial charge is 0.325 e. The molecule has 118 valence electrons. The lowest BCUT2D eigenvalue weighted by Gasteiger charge is -2.20. The van der Waals surface area contributed by atoms with E-state index in [9.17, 15) is 9.59 Å². The van der Waals surface area contributed by atoms with Crippen LogP contribution in [-0.4, -0.2) is 44.4 Å². The Morgan fingerprint density at radius 3 is 2.96 bits per heavy atom. The first-order chi connectivity index (χ1) is 11.0. The number of amides is 1. The summed E-state index contributed by atoms with van der Waals surface area (Å²) in [5.74, 6) is -1.01. The van der Waals surface area contributed by atoms with Gasteiger partial charge in [-0.25, -0.2) is 5.01 Å². The lowest BCUT2D eigenvalue weighted by atomic mass is 10.1. The average molecular weight is 335 g/mol. The topological polar surface area (TPSA) is 109 Å². The summed E-state index contributed by atoms with van der Waals surface area (Å²) >= 11 is 5.92. The molecule has 0 aliphatic carbocycles. The maximum atomic E-state index is 11.6. The number of hydrogen-bond acceptors (Lipinski definition) is 6. The van der Waals surface area contributed by atoms with Gasteiger partial charge in [-0.15, -0.1) is 0 Å². The molecule has 8 nitrogen and oxygen atoms in total. The first kappa shape index (κ1) is 15.2. The van der Waals surface area contributed by atoms with Crippen LogP contribution >= 0.6 is 11.6 Å². The third kappa shape index (κ3) is 3.37. The number of carbonyl (C=O) groups is 2. The highest BCUT2D eigenvalue weighted by Gasteiger charge is 2.26. The van der Waals surface area contributed by atoms with Gasteiger partial charge in [-0.3, -0.25) is 9.59 Å². The van der Waals surface area contributed by atoms with Crippen LogP contribution in [-0.2, 0) is 9.59 Å². The van der Waals surface area contributed by atoms with Gasteiger partial charge in [0.15, 0.2) is 0 Å². The van der Waals surface area contributed by atoms with E-state index in [1.165, 1.54) is 0 Å². The van der Waals surface area contributed by atoms with E-state index >= 15 is 0 Å². The molecule has 1 aliphatic heterocycles. The van der Waals surface area contributed by atoms with E-state index in [4.69, 9.17) is 21.2 Å². The van der Waals surface area contributed by atoms with Gasteiger partial charge in [-0.1, -0.05) is 28.9 Å². The largest absolute Gasteiger partial charge is 0.480 e. The number of hydrogen-bond donors (Lipinski definition) is 1. The van der Waals surface area contributed by atoms with Crippen molar-refractivity contribution in [1.29, 1.82) is 0 Å². The Balaban J connectivity index is 1.87. The van der Waals surface area contributed by atoms with Crippen molar-refractivity contribution in [2.45, 2.75) is 12.8 Å². The predicted octanol–water partition coefficient (Wildman–Crippen LogP) is 1.80. The van der Waals surface area contributed by atoms with Crippen molar-refractivity contribution in [3.8, 4) is 11.4 Å². The summed E-state index contributed by atoms with van der Waals surface area (Å²) in [4.78, 5) is 26.6. The Morgan fingerprint density at radius 2 is 2.22 bits per heavy atom. The number of hydrazone groups is 1. The van der Waals surface area contributed by atoms with Crippen molar-refractivity contribution < 1.29 is 19.2 Å². The second kappa shape index (κ2) is 6.17. The molecule has 0 saturated carbocycles. The number of aliphatic carboxylic acids is 1. The minimum atomic E-state index is -1.14. The van der Waals surface area contributed by atoms with Crippen LogP contribution in [0.4, 0.5) is 0 Å². The number of halogens is 1. The minimum absolute atomic E-state index is 0.140. The van der Waals surface area contributed by atoms with Gasteiger partial charge < -0.3 is 9.63 Å². The lowest BCUT2D eigenvalue weighted by Crippen LogP contribution is -2.35. The van der Waals surface area contributed by atoms with Crippen LogP contribution in [0.5, 0.6) is 0 Å². The molecule has 0 unspecified atom stereocenters. The van der Waals surface area contributed by atoms with Gasteiger partial charge in [0.05, 0.1) is 0 Å². The summed E-state index contributed by atoms with van der Waals surface area (Å²) in [5, 5.41) is 18.1. The maximum Gasteiger partial charge on any atom is 0.325 e. The molecule has 1 N–H and O–H groups in total. The van der Waals surface area contributed by atoms with Crippen molar-refractivity contribution >= 4 is 29.2 Å². The summed E-state index contributed by atoms with van der Waals surface area (Å²) < 4.78 is 5.17. The van der Waals surface area contributed by atoms with E-state index in [-0.39, 0.29) is 18.2 Å². The molecule has 0 spiro atoms. The Labute approximate surface area is 135 Å². The van der Waals surface area contributed by atoms with Crippen LogP contribution < -0.4 is 0 Å². The fraction of sp³-hybridized carbons (Fsp3) is 0.214. The van der Waals surface area contributed by atoms with Crippen molar-refractivity contribution in [2.75, 3.05) is 6.54 Å². The number of benzene rings is 1. The number of aromatic nitrogens is 2. The lowest BCUT2D eigenvalue weighted by molar-refractivity contribution is -0.144. The zero-order valence-electron chi connectivity index (χ0n) is 11.8. The molecule has 0 saturated heterocycles. The van der Waals surface area contributed by atoms with E-state index in [0.29, 0.717) is 28.5 Å². The van der Waals surface area contributed by atoms with Crippen molar-refractivity contribution in [3.63, 3.8) is 0 Å². The zero-order valence-corrected chi connectivity index (χ0v) is 12.5. The van der Waals surface area contributed by atoms with Crippen LogP contribution in [0.15, 0.2) is 33.9 Å². The highest BCUT2D eigenvalue weighted by Crippen LogP contribution is 2.21. The quantitative estimate of drug-likeness (QED) is 0.913. The number of carboxylic acids is 1. The van der Waals surface area contributed by atoms with E-state index in [1.807, 2.05) is 0 Å². The van der Waals surface area contributed by atoms with E-state index in [0.717, 1.165) is 5.01 Å². The molecule has 23 heavy (non-hydrogen) atoms. The zero-order chi connectivity index (χ0) is 16.4. The van der Waals surface area contributed by atoms with E-state index in [1.54, 1.807) is 24.3 Å². The summed E-state index contributed by atoms with van der Waals surface area (Å²) in [6.07, 6.45) is 0.452. The summed E-state index contributed by atoms with van der Waals surface area (Å²) in [6, 6.07) is 6.97. The molecule has 0 atom stereocenters. The van der Waals surface area contributed by atoms with Gasteiger partial charge in [0, 0.05) is 23.4 Å². The number of rotatable bonds is 4. The second-order valence-electron chi connectivity index (χ2n) is 4.83. The number of carboxylic acid groups (broad SMARTS) is 1. The van der Waals surface area contributed by atoms with Crippen LogP contribution in [0.1, 0.15) is 18.7 Å². The SMILES string of the molecule is O=C(O)CN1N=C(c2nc(-c3cccc(Cl)c3)no2)CCC1=O. The van der Waals surface area contributed by atoms with Gasteiger partial charge >= 0.3 is 5.97 Å². The molecular formula is C14H11ClN4O4. The highest BCUT2D eigenvalue weighted by molar-refractivity contribution is 6.30. The third-order valence-corrected chi connectivity index (χ3v) is 3.38. The fourth-order valence-electron chi connectivity index (χ4n) is 2.09. The molecular weight excluding hydrogens is 324 g/mol. The summed E-state index contributed by atoms with van der Waals surface area (Å²) in [5.41, 5.74) is 1.06. The molecule has 2 aromatic rings. The van der Waals surface area contributed by atoms with E-state index in [2.05, 4.69) is 15.2 Å². The molecule has 0 fully saturated rings. The van der Waals surface area contributed by atoms with Crippen LogP contribution in [0.2, 0.25) is 5.02 Å². The third-order valence-electron chi connectivity index (χ3n) is 3.15. The van der Waals surface area contributed by atoms with Crippen molar-refractivity contribution in [1.82, 2.24) is 15.1 Å². The van der Waals surface area contributed by atoms with Crippen LogP contribution in [0, 0.1) is 0 Å². The van der Waals surface area contributed by atoms with Crippen molar-refractivity contribution in [3.05, 3.63) is 35.2 Å². The van der Waals surface area contributed by atoms with Crippen molar-refractivity contribution in [2.24, 2.45) is 5.10 Å². The number of nitrogens with zero attached hydrogens (tertiary/aromatic N) is 4. The Morgan fingerprint density at radius 1 is 1.39 bits per heavy atom. The van der Waals surface area contributed by atoms with Gasteiger partial charge in [0.2, 0.25) is 11.7 Å². The summed E-state index contributed by atoms with van der Waals surface area (Å²) in [7, 11) is 0. The maximum absolute atomic E-state index is 11.6. The average Bonchev–Trinajstić information content (AvgIpc) is 2.99. The molecule has 9 heteroatoms. The van der Waals surface area contributed by atoms with Gasteiger partial charge in [0.25, 0.3) is 5.89 Å². The van der Waals surface area contributed by atoms with Gasteiger partial charge in [0.1, 0.15) is 12.3 Å². The molecule has 2 heterocycles. The standard InChI is InChI=1S/C14H11ClN4O4/c15-9-3-1-2-8(6-9)13-16-14(23-18-13)10-4-5-11(20)19(17-10)7-12(21)22/h1-3,6H,4-5,7H2,(H,21,22). The normalized spacial score (nSPS) is 14.7. The van der Waals surface area contributed by atoms with Gasteiger partial charge in [-0.2, -0.15) is 10.1 Å². The summed E-state index contributed by atoms with van der Waals surface area (Å²) in [6.45, 7) is -0.502. The highest BCUT2D eigenvalue weighted by atomic mass is 35.5. The molecule has 1 aromatic carbocycles. The van der Waals surface area contributed by atoms with Crippen LogP contribution in [0.25, 0.3) is 11.4 Å². The first-order valence-corrected chi connectivity index (χ1v) is 7.10. The Kier molecular flexibility index (Phi) is 4.07. The molecule has 1 aromatic heterocycles. The molecule has 1 amide bonds. The predicted molar refractivity (Wildman–Crippen MR) is 79.9 cm³/mol. The van der Waals surface area contributed by atoms with Crippen LogP contribution in [0.3, 0.4) is 0 Å². The second-order valence-corrected chi connectivity index (χ2v) is 5.26. The van der Waals surface area contributed by atoms with Gasteiger partial charge in [-0.05, 0) is 12.1 Å². The monoisotopic (exact) mass is 334 g/mol. The van der Waals surface area contributed by atoms with E-state index < -0.39 is 12.5 Å². The molecule has 3 rings (SSSR count). The Bertz CT molecular complexity index is 802. The fourth-order valence-corrected chi connectivity index (χ4v) is 2.28. The Hall–Kier alpha value is -2.74. The molecule has 0 radical (unpaired) electrons. The first-order valence-electron chi connectivity index (χ1n) is 6.72. The molecule has 0 bridgehead atoms. The molecule has 1 aliphatic rings. The number of carbonyl (C=O) groups excluding carboxylic acids is 1. The minimum Gasteiger partial charge on any atom is -0.480 e.